The van der Waals surface area contributed by atoms with Gasteiger partial charge in [0.1, 0.15) is 6.61 Å². The number of nitrogens with one attached hydrogen (secondary N) is 1. The lowest BCUT2D eigenvalue weighted by Crippen LogP contribution is -2.35. The Hall–Kier alpha value is -0.880. The minimum atomic E-state index is -0.231. The molecular weight excluding hydrogens is 288 g/mol. The number of halogens is 1. The monoisotopic (exact) mass is 304 g/mol. The Morgan fingerprint density at radius 2 is 2.35 bits per heavy atom. The summed E-state index contributed by atoms with van der Waals surface area (Å²) in [5.41, 5.74) is 0.289. The second-order valence-corrected chi connectivity index (χ2v) is 5.15. The summed E-state index contributed by atoms with van der Waals surface area (Å²) in [5.74, 6) is 0.308. The van der Waals surface area contributed by atoms with Crippen LogP contribution in [0.5, 0.6) is 0 Å². The Balaban J connectivity index is 2.52. The Bertz CT molecular complexity index is 377. The molecule has 1 heterocycles. The maximum absolute atomic E-state index is 11.7. The Morgan fingerprint density at radius 1 is 1.65 bits per heavy atom. The van der Waals surface area contributed by atoms with Crippen molar-refractivity contribution in [2.24, 2.45) is 5.41 Å². The molecule has 1 rings (SSSR count). The molecule has 0 aliphatic rings. The third kappa shape index (κ3) is 4.47. The highest BCUT2D eigenvalue weighted by atomic mass is 79.9. The van der Waals surface area contributed by atoms with Crippen molar-refractivity contribution in [3.8, 4) is 0 Å². The van der Waals surface area contributed by atoms with Crippen molar-refractivity contribution in [2.45, 2.75) is 20.5 Å². The van der Waals surface area contributed by atoms with E-state index in [-0.39, 0.29) is 17.0 Å². The van der Waals surface area contributed by atoms with Gasteiger partial charge in [-0.3, -0.25) is 4.79 Å². The van der Waals surface area contributed by atoms with Gasteiger partial charge in [-0.2, -0.15) is 0 Å². The Morgan fingerprint density at radius 3 is 2.94 bits per heavy atom. The number of carbonyl (C=O) groups excluding carboxylic acids is 1. The highest BCUT2D eigenvalue weighted by molar-refractivity contribution is 9.09. The third-order valence-corrected chi connectivity index (χ3v) is 3.69. The summed E-state index contributed by atoms with van der Waals surface area (Å²) in [4.78, 5) is 11.7. The highest BCUT2D eigenvalue weighted by Crippen LogP contribution is 2.16. The van der Waals surface area contributed by atoms with Gasteiger partial charge in [-0.1, -0.05) is 34.9 Å². The van der Waals surface area contributed by atoms with Crippen LogP contribution in [0.3, 0.4) is 0 Å². The van der Waals surface area contributed by atoms with E-state index in [0.717, 1.165) is 5.33 Å². The van der Waals surface area contributed by atoms with Gasteiger partial charge in [-0.25, -0.2) is 0 Å². The second-order valence-electron chi connectivity index (χ2n) is 4.59. The number of carbonyl (C=O) groups is 1. The summed E-state index contributed by atoms with van der Waals surface area (Å²) in [5, 5.41) is 7.31. The molecule has 1 aromatic rings. The summed E-state index contributed by atoms with van der Waals surface area (Å²) < 4.78 is 9.82. The summed E-state index contributed by atoms with van der Waals surface area (Å²) in [7, 11) is 1.56. The molecule has 1 aromatic heterocycles. The van der Waals surface area contributed by atoms with Crippen molar-refractivity contribution in [1.29, 1.82) is 0 Å². The number of hydrogen-bond donors (Lipinski definition) is 1. The maximum atomic E-state index is 11.7. The molecule has 0 bridgehead atoms. The second kappa shape index (κ2) is 6.16. The number of methoxy groups -OCH3 is 1. The SMILES string of the molecule is COCc1cc(C(=O)NCC(C)(C)CBr)no1. The van der Waals surface area contributed by atoms with Crippen LogP contribution < -0.4 is 5.32 Å². The van der Waals surface area contributed by atoms with Gasteiger partial charge in [0, 0.05) is 25.1 Å². The zero-order valence-electron chi connectivity index (χ0n) is 10.2. The van der Waals surface area contributed by atoms with Crippen molar-refractivity contribution in [3.63, 3.8) is 0 Å². The number of alkyl halides is 1. The van der Waals surface area contributed by atoms with Crippen molar-refractivity contribution >= 4 is 21.8 Å². The highest BCUT2D eigenvalue weighted by Gasteiger charge is 2.19. The Labute approximate surface area is 109 Å². The predicted molar refractivity (Wildman–Crippen MR) is 67.1 cm³/mol. The van der Waals surface area contributed by atoms with Crippen LogP contribution in [0, 0.1) is 5.41 Å². The first-order valence-corrected chi connectivity index (χ1v) is 6.39. The first-order chi connectivity index (χ1) is 7.98. The summed E-state index contributed by atoms with van der Waals surface area (Å²) in [6.45, 7) is 5.00. The van der Waals surface area contributed by atoms with Gasteiger partial charge in [0.15, 0.2) is 11.5 Å². The molecular formula is C11H17BrN2O3. The van der Waals surface area contributed by atoms with Crippen LogP contribution in [0.25, 0.3) is 0 Å². The van der Waals surface area contributed by atoms with Gasteiger partial charge >= 0.3 is 0 Å². The van der Waals surface area contributed by atoms with E-state index in [1.54, 1.807) is 13.2 Å². The number of nitrogens with zero attached hydrogens (tertiary/aromatic N) is 1. The quantitative estimate of drug-likeness (QED) is 0.816. The number of ether oxygens (including phenoxy) is 1. The van der Waals surface area contributed by atoms with Crippen molar-refractivity contribution in [1.82, 2.24) is 10.5 Å². The lowest BCUT2D eigenvalue weighted by atomic mass is 9.97. The fourth-order valence-electron chi connectivity index (χ4n) is 1.09. The van der Waals surface area contributed by atoms with E-state index in [1.807, 2.05) is 0 Å². The van der Waals surface area contributed by atoms with Gasteiger partial charge < -0.3 is 14.6 Å². The molecule has 5 nitrogen and oxygen atoms in total. The van der Waals surface area contributed by atoms with Crippen LogP contribution in [0.4, 0.5) is 0 Å². The molecule has 0 spiro atoms. The Kier molecular flexibility index (Phi) is 5.14. The number of hydrogen-bond acceptors (Lipinski definition) is 4. The summed E-state index contributed by atoms with van der Waals surface area (Å²) >= 11 is 3.40. The van der Waals surface area contributed by atoms with Crippen LogP contribution in [0.2, 0.25) is 0 Å². The number of amides is 1. The summed E-state index contributed by atoms with van der Waals surface area (Å²) in [6.07, 6.45) is 0. The van der Waals surface area contributed by atoms with Crippen molar-refractivity contribution in [3.05, 3.63) is 17.5 Å². The maximum Gasteiger partial charge on any atom is 0.273 e. The van der Waals surface area contributed by atoms with Crippen LogP contribution in [-0.4, -0.2) is 30.0 Å². The molecule has 1 amide bonds. The molecule has 0 aromatic carbocycles. The largest absolute Gasteiger partial charge is 0.377 e. The summed E-state index contributed by atoms with van der Waals surface area (Å²) in [6, 6.07) is 1.58. The van der Waals surface area contributed by atoms with Gasteiger partial charge in [0.2, 0.25) is 0 Å². The molecule has 0 radical (unpaired) electrons. The number of rotatable bonds is 6. The van der Waals surface area contributed by atoms with Crippen molar-refractivity contribution < 1.29 is 14.1 Å². The molecule has 0 aliphatic carbocycles. The fraction of sp³-hybridized carbons (Fsp3) is 0.636. The zero-order chi connectivity index (χ0) is 12.9. The number of aromatic nitrogens is 1. The molecule has 17 heavy (non-hydrogen) atoms. The van der Waals surface area contributed by atoms with Gasteiger partial charge in [0.05, 0.1) is 0 Å². The van der Waals surface area contributed by atoms with E-state index >= 15 is 0 Å². The molecule has 0 unspecified atom stereocenters. The third-order valence-electron chi connectivity index (χ3n) is 2.17. The van der Waals surface area contributed by atoms with Crippen molar-refractivity contribution in [2.75, 3.05) is 19.0 Å². The van der Waals surface area contributed by atoms with E-state index in [1.165, 1.54) is 0 Å². The van der Waals surface area contributed by atoms with Crippen LogP contribution >= 0.6 is 15.9 Å². The van der Waals surface area contributed by atoms with Gasteiger partial charge in [0.25, 0.3) is 5.91 Å². The van der Waals surface area contributed by atoms with E-state index < -0.39 is 0 Å². The molecule has 0 fully saturated rings. The topological polar surface area (TPSA) is 64.4 Å². The van der Waals surface area contributed by atoms with Crippen LogP contribution in [0.1, 0.15) is 30.1 Å². The average Bonchev–Trinajstić information content (AvgIpc) is 2.75. The lowest BCUT2D eigenvalue weighted by molar-refractivity contribution is 0.0930. The zero-order valence-corrected chi connectivity index (χ0v) is 11.8. The van der Waals surface area contributed by atoms with Gasteiger partial charge in [-0.05, 0) is 5.41 Å². The predicted octanol–water partition coefficient (Wildman–Crippen LogP) is 1.97. The average molecular weight is 305 g/mol. The smallest absolute Gasteiger partial charge is 0.273 e. The standard InChI is InChI=1S/C11H17BrN2O3/c1-11(2,6-12)7-13-10(15)9-4-8(5-16-3)17-14-9/h4H,5-7H2,1-3H3,(H,13,15). The first kappa shape index (κ1) is 14.2. The fourth-order valence-corrected chi connectivity index (χ4v) is 1.29. The van der Waals surface area contributed by atoms with E-state index in [4.69, 9.17) is 9.26 Å². The first-order valence-electron chi connectivity index (χ1n) is 5.27. The van der Waals surface area contributed by atoms with E-state index in [9.17, 15) is 4.79 Å². The minimum absolute atomic E-state index is 0.00869. The van der Waals surface area contributed by atoms with Gasteiger partial charge in [-0.15, -0.1) is 0 Å². The van der Waals surface area contributed by atoms with Crippen LogP contribution in [0.15, 0.2) is 10.6 Å². The molecule has 0 atom stereocenters. The molecule has 6 heteroatoms. The van der Waals surface area contributed by atoms with Crippen LogP contribution in [-0.2, 0) is 11.3 Å². The normalized spacial score (nSPS) is 11.5. The molecule has 1 N–H and O–H groups in total. The van der Waals surface area contributed by atoms with E-state index in [2.05, 4.69) is 40.3 Å². The minimum Gasteiger partial charge on any atom is -0.377 e. The lowest BCUT2D eigenvalue weighted by Gasteiger charge is -2.21. The van der Waals surface area contributed by atoms with E-state index in [0.29, 0.717) is 18.9 Å². The molecule has 0 aliphatic heterocycles. The molecule has 96 valence electrons. The molecule has 0 saturated heterocycles. The molecule has 0 saturated carbocycles.